The molecule has 0 atom stereocenters. The van der Waals surface area contributed by atoms with Gasteiger partial charge in [-0.25, -0.2) is 0 Å². The van der Waals surface area contributed by atoms with E-state index >= 15 is 0 Å². The highest BCUT2D eigenvalue weighted by Crippen LogP contribution is 2.43. The highest BCUT2D eigenvalue weighted by Gasteiger charge is 2.41. The second kappa shape index (κ2) is 5.50. The molecule has 0 aromatic rings. The van der Waals surface area contributed by atoms with Gasteiger partial charge in [0.2, 0.25) is 0 Å². The Kier molecular flexibility index (Phi) is 4.38. The van der Waals surface area contributed by atoms with Crippen LogP contribution < -0.4 is 5.73 Å². The van der Waals surface area contributed by atoms with Gasteiger partial charge >= 0.3 is 0 Å². The van der Waals surface area contributed by atoms with E-state index in [0.29, 0.717) is 11.0 Å². The van der Waals surface area contributed by atoms with Gasteiger partial charge < -0.3 is 5.73 Å². The van der Waals surface area contributed by atoms with E-state index in [1.165, 1.54) is 58.0 Å². The van der Waals surface area contributed by atoms with Crippen LogP contribution in [0.5, 0.6) is 0 Å². The minimum Gasteiger partial charge on any atom is -0.329 e. The van der Waals surface area contributed by atoms with Crippen LogP contribution in [0.1, 0.15) is 65.7 Å². The molecule has 2 aliphatic carbocycles. The number of likely N-dealkylation sites (N-methyl/N-ethyl adjacent to an activating group) is 1. The third kappa shape index (κ3) is 2.91. The fourth-order valence-electron chi connectivity index (χ4n) is 3.69. The molecule has 0 aliphatic heterocycles. The molecule has 106 valence electrons. The lowest BCUT2D eigenvalue weighted by molar-refractivity contribution is 0.00736. The van der Waals surface area contributed by atoms with Gasteiger partial charge in [-0.2, -0.15) is 0 Å². The zero-order valence-electron chi connectivity index (χ0n) is 12.7. The molecule has 2 nitrogen and oxygen atoms in total. The van der Waals surface area contributed by atoms with Crippen LogP contribution in [0.25, 0.3) is 0 Å². The van der Waals surface area contributed by atoms with Crippen LogP contribution >= 0.6 is 0 Å². The van der Waals surface area contributed by atoms with E-state index in [1.54, 1.807) is 0 Å². The average Bonchev–Trinajstić information content (AvgIpc) is 2.30. The first kappa shape index (κ1) is 14.3. The van der Waals surface area contributed by atoms with E-state index in [1.807, 2.05) is 0 Å². The Bertz CT molecular complexity index is 258. The number of hydrogen-bond donors (Lipinski definition) is 1. The van der Waals surface area contributed by atoms with E-state index in [9.17, 15) is 0 Å². The SMILES string of the molecule is CCN(CC1CCC1)C1(CN)CCC(C)(C)CC1. The van der Waals surface area contributed by atoms with Gasteiger partial charge in [0.1, 0.15) is 0 Å². The molecule has 2 N–H and O–H groups in total. The first-order chi connectivity index (χ1) is 8.51. The topological polar surface area (TPSA) is 29.3 Å². The van der Waals surface area contributed by atoms with Crippen LogP contribution in [-0.2, 0) is 0 Å². The summed E-state index contributed by atoms with van der Waals surface area (Å²) in [5.41, 5.74) is 7.05. The number of rotatable bonds is 5. The largest absolute Gasteiger partial charge is 0.329 e. The van der Waals surface area contributed by atoms with Crippen molar-refractivity contribution >= 4 is 0 Å². The predicted molar refractivity (Wildman–Crippen MR) is 78.6 cm³/mol. The molecule has 0 spiro atoms. The number of nitrogens with two attached hydrogens (primary N) is 1. The second-order valence-corrected chi connectivity index (χ2v) is 7.43. The molecule has 0 bridgehead atoms. The molecule has 2 saturated carbocycles. The molecule has 0 unspecified atom stereocenters. The van der Waals surface area contributed by atoms with E-state index < -0.39 is 0 Å². The summed E-state index contributed by atoms with van der Waals surface area (Å²) in [6, 6.07) is 0. The zero-order chi connectivity index (χ0) is 13.2. The monoisotopic (exact) mass is 252 g/mol. The van der Waals surface area contributed by atoms with Crippen molar-refractivity contribution in [3.8, 4) is 0 Å². The van der Waals surface area contributed by atoms with Gasteiger partial charge in [0.15, 0.2) is 0 Å². The van der Waals surface area contributed by atoms with Crippen molar-refractivity contribution in [1.29, 1.82) is 0 Å². The van der Waals surface area contributed by atoms with Gasteiger partial charge in [-0.05, 0) is 56.4 Å². The summed E-state index contributed by atoms with van der Waals surface area (Å²) in [5, 5.41) is 0. The van der Waals surface area contributed by atoms with Crippen molar-refractivity contribution in [3.05, 3.63) is 0 Å². The van der Waals surface area contributed by atoms with Crippen LogP contribution in [0.15, 0.2) is 0 Å². The Balaban J connectivity index is 2.00. The molecule has 0 aromatic heterocycles. The fourth-order valence-corrected chi connectivity index (χ4v) is 3.69. The summed E-state index contributed by atoms with van der Waals surface area (Å²) in [6.45, 7) is 10.5. The fraction of sp³-hybridized carbons (Fsp3) is 1.00. The van der Waals surface area contributed by atoms with Crippen LogP contribution in [0.3, 0.4) is 0 Å². The number of nitrogens with zero attached hydrogens (tertiary/aromatic N) is 1. The zero-order valence-corrected chi connectivity index (χ0v) is 12.7. The molecule has 0 aromatic carbocycles. The van der Waals surface area contributed by atoms with E-state index in [-0.39, 0.29) is 0 Å². The van der Waals surface area contributed by atoms with Gasteiger partial charge in [-0.3, -0.25) is 4.90 Å². The standard InChI is InChI=1S/C16H32N2/c1-4-18(12-14-6-5-7-14)16(13-17)10-8-15(2,3)9-11-16/h14H,4-13,17H2,1-3H3. The maximum atomic E-state index is 6.20. The lowest BCUT2D eigenvalue weighted by Gasteiger charge is -2.51. The summed E-state index contributed by atoms with van der Waals surface area (Å²) in [6.07, 6.45) is 9.63. The van der Waals surface area contributed by atoms with Crippen molar-refractivity contribution < 1.29 is 0 Å². The Morgan fingerprint density at radius 1 is 1.11 bits per heavy atom. The highest BCUT2D eigenvalue weighted by molar-refractivity contribution is 4.98. The molecular weight excluding hydrogens is 220 g/mol. The smallest absolute Gasteiger partial charge is 0.0332 e. The maximum absolute atomic E-state index is 6.20. The van der Waals surface area contributed by atoms with Crippen LogP contribution in [0.2, 0.25) is 0 Å². The Labute approximate surface area is 113 Å². The van der Waals surface area contributed by atoms with Crippen LogP contribution in [0.4, 0.5) is 0 Å². The second-order valence-electron chi connectivity index (χ2n) is 7.43. The molecular formula is C16H32N2. The van der Waals surface area contributed by atoms with Crippen molar-refractivity contribution in [2.24, 2.45) is 17.1 Å². The van der Waals surface area contributed by atoms with Gasteiger partial charge in [0, 0.05) is 18.6 Å². The summed E-state index contributed by atoms with van der Waals surface area (Å²) in [7, 11) is 0. The van der Waals surface area contributed by atoms with Crippen molar-refractivity contribution in [1.82, 2.24) is 4.90 Å². The molecule has 0 radical (unpaired) electrons. The molecule has 2 heteroatoms. The van der Waals surface area contributed by atoms with Crippen LogP contribution in [0, 0.1) is 11.3 Å². The van der Waals surface area contributed by atoms with Gasteiger partial charge in [-0.1, -0.05) is 27.2 Å². The molecule has 2 fully saturated rings. The lowest BCUT2D eigenvalue weighted by atomic mass is 9.68. The number of hydrogen-bond acceptors (Lipinski definition) is 2. The Hall–Kier alpha value is -0.0800. The molecule has 0 amide bonds. The van der Waals surface area contributed by atoms with Gasteiger partial charge in [0.05, 0.1) is 0 Å². The third-order valence-electron chi connectivity index (χ3n) is 5.67. The van der Waals surface area contributed by atoms with Crippen molar-refractivity contribution in [3.63, 3.8) is 0 Å². The third-order valence-corrected chi connectivity index (χ3v) is 5.67. The molecule has 0 heterocycles. The summed E-state index contributed by atoms with van der Waals surface area (Å²) >= 11 is 0. The quantitative estimate of drug-likeness (QED) is 0.812. The molecule has 0 saturated heterocycles. The van der Waals surface area contributed by atoms with Gasteiger partial charge in [0.25, 0.3) is 0 Å². The molecule has 2 rings (SSSR count). The van der Waals surface area contributed by atoms with Crippen LogP contribution in [-0.4, -0.2) is 30.1 Å². The predicted octanol–water partition coefficient (Wildman–Crippen LogP) is 3.41. The molecule has 2 aliphatic rings. The molecule has 18 heavy (non-hydrogen) atoms. The minimum absolute atomic E-state index is 0.319. The normalized spacial score (nSPS) is 27.2. The Morgan fingerprint density at radius 3 is 2.11 bits per heavy atom. The highest BCUT2D eigenvalue weighted by atomic mass is 15.2. The summed E-state index contributed by atoms with van der Waals surface area (Å²) in [4.78, 5) is 2.73. The maximum Gasteiger partial charge on any atom is 0.0332 e. The van der Waals surface area contributed by atoms with Gasteiger partial charge in [-0.15, -0.1) is 0 Å². The average molecular weight is 252 g/mol. The van der Waals surface area contributed by atoms with Crippen molar-refractivity contribution in [2.75, 3.05) is 19.6 Å². The first-order valence-electron chi connectivity index (χ1n) is 7.96. The minimum atomic E-state index is 0.319. The van der Waals surface area contributed by atoms with E-state index in [2.05, 4.69) is 25.7 Å². The summed E-state index contributed by atoms with van der Waals surface area (Å²) < 4.78 is 0. The summed E-state index contributed by atoms with van der Waals surface area (Å²) in [5.74, 6) is 0.961. The van der Waals surface area contributed by atoms with E-state index in [0.717, 1.165) is 12.5 Å². The lowest BCUT2D eigenvalue weighted by Crippen LogP contribution is -2.58. The van der Waals surface area contributed by atoms with E-state index in [4.69, 9.17) is 5.73 Å². The first-order valence-corrected chi connectivity index (χ1v) is 7.96. The van der Waals surface area contributed by atoms with Crippen molar-refractivity contribution in [2.45, 2.75) is 71.3 Å². The Morgan fingerprint density at radius 2 is 1.72 bits per heavy atom.